The van der Waals surface area contributed by atoms with E-state index in [1.54, 1.807) is 14.2 Å². The monoisotopic (exact) mass is 265 g/mol. The van der Waals surface area contributed by atoms with Gasteiger partial charge in [0, 0.05) is 19.7 Å². The largest absolute Gasteiger partial charge is 0.497 e. The number of carbonyl (C=O) groups is 1. The highest BCUT2D eigenvalue weighted by atomic mass is 16.5. The fourth-order valence-electron chi connectivity index (χ4n) is 2.30. The molecule has 1 aromatic rings. The zero-order valence-corrected chi connectivity index (χ0v) is 11.4. The Hall–Kier alpha value is -1.91. The summed E-state index contributed by atoms with van der Waals surface area (Å²) in [6, 6.07) is 5.59. The SMILES string of the molecule is COc1ccc(OC)c(N(C)CC2CC2C(=O)O)c1. The molecule has 1 aromatic carbocycles. The van der Waals surface area contributed by atoms with E-state index in [2.05, 4.69) is 0 Å². The van der Waals surface area contributed by atoms with E-state index >= 15 is 0 Å². The average Bonchev–Trinajstić information content (AvgIpc) is 3.17. The lowest BCUT2D eigenvalue weighted by Gasteiger charge is -2.22. The quantitative estimate of drug-likeness (QED) is 0.850. The zero-order chi connectivity index (χ0) is 14.0. The molecule has 1 aliphatic rings. The van der Waals surface area contributed by atoms with Gasteiger partial charge in [-0.3, -0.25) is 4.79 Å². The standard InChI is InChI=1S/C14H19NO4/c1-15(8-9-6-11(9)14(16)17)12-7-10(18-2)4-5-13(12)19-3/h4-5,7,9,11H,6,8H2,1-3H3,(H,16,17). The Kier molecular flexibility index (Phi) is 3.83. The maximum atomic E-state index is 10.9. The van der Waals surface area contributed by atoms with Gasteiger partial charge in [0.15, 0.2) is 0 Å². The predicted molar refractivity (Wildman–Crippen MR) is 72.0 cm³/mol. The number of hydrogen-bond acceptors (Lipinski definition) is 4. The van der Waals surface area contributed by atoms with Crippen molar-refractivity contribution in [1.82, 2.24) is 0 Å². The van der Waals surface area contributed by atoms with Gasteiger partial charge in [0.25, 0.3) is 0 Å². The summed E-state index contributed by atoms with van der Waals surface area (Å²) in [5, 5.41) is 8.93. The molecule has 0 spiro atoms. The molecule has 19 heavy (non-hydrogen) atoms. The average molecular weight is 265 g/mol. The normalized spacial score (nSPS) is 20.8. The van der Waals surface area contributed by atoms with Crippen molar-refractivity contribution in [1.29, 1.82) is 0 Å². The van der Waals surface area contributed by atoms with Crippen LogP contribution in [0.4, 0.5) is 5.69 Å². The van der Waals surface area contributed by atoms with Crippen molar-refractivity contribution < 1.29 is 19.4 Å². The zero-order valence-electron chi connectivity index (χ0n) is 11.4. The number of nitrogens with zero attached hydrogens (tertiary/aromatic N) is 1. The third-order valence-corrected chi connectivity index (χ3v) is 3.55. The van der Waals surface area contributed by atoms with E-state index in [-0.39, 0.29) is 11.8 Å². The molecule has 2 atom stereocenters. The second-order valence-corrected chi connectivity index (χ2v) is 4.86. The van der Waals surface area contributed by atoms with Gasteiger partial charge in [-0.25, -0.2) is 0 Å². The number of anilines is 1. The second-order valence-electron chi connectivity index (χ2n) is 4.86. The van der Waals surface area contributed by atoms with Crippen molar-refractivity contribution in [3.05, 3.63) is 18.2 Å². The summed E-state index contributed by atoms with van der Waals surface area (Å²) in [6.07, 6.45) is 0.756. The second kappa shape index (κ2) is 5.38. The van der Waals surface area contributed by atoms with E-state index in [4.69, 9.17) is 14.6 Å². The van der Waals surface area contributed by atoms with Gasteiger partial charge >= 0.3 is 5.97 Å². The van der Waals surface area contributed by atoms with Crippen molar-refractivity contribution in [2.75, 3.05) is 32.7 Å². The van der Waals surface area contributed by atoms with Crippen molar-refractivity contribution in [3.8, 4) is 11.5 Å². The van der Waals surface area contributed by atoms with Crippen LogP contribution >= 0.6 is 0 Å². The third-order valence-electron chi connectivity index (χ3n) is 3.55. The van der Waals surface area contributed by atoms with Crippen LogP contribution in [0.15, 0.2) is 18.2 Å². The number of carboxylic acids is 1. The van der Waals surface area contributed by atoms with Gasteiger partial charge in [-0.2, -0.15) is 0 Å². The minimum Gasteiger partial charge on any atom is -0.497 e. The first-order valence-electron chi connectivity index (χ1n) is 6.22. The molecule has 0 amide bonds. The number of methoxy groups -OCH3 is 2. The molecule has 1 fully saturated rings. The Morgan fingerprint density at radius 3 is 2.68 bits per heavy atom. The Bertz CT molecular complexity index is 475. The van der Waals surface area contributed by atoms with Gasteiger partial charge in [-0.05, 0) is 24.5 Å². The number of aliphatic carboxylic acids is 1. The third kappa shape index (κ3) is 2.92. The number of benzene rings is 1. The molecule has 0 heterocycles. The highest BCUT2D eigenvalue weighted by Gasteiger charge is 2.43. The van der Waals surface area contributed by atoms with Gasteiger partial charge in [0.1, 0.15) is 11.5 Å². The van der Waals surface area contributed by atoms with Crippen molar-refractivity contribution in [3.63, 3.8) is 0 Å². The molecule has 2 rings (SSSR count). The van der Waals surface area contributed by atoms with Gasteiger partial charge in [0.05, 0.1) is 25.8 Å². The van der Waals surface area contributed by atoms with Crippen molar-refractivity contribution in [2.24, 2.45) is 11.8 Å². The summed E-state index contributed by atoms with van der Waals surface area (Å²) in [7, 11) is 5.18. The molecule has 0 aliphatic heterocycles. The van der Waals surface area contributed by atoms with Gasteiger partial charge in [-0.15, -0.1) is 0 Å². The molecule has 5 heteroatoms. The Balaban J connectivity index is 2.09. The van der Waals surface area contributed by atoms with Crippen LogP contribution < -0.4 is 14.4 Å². The lowest BCUT2D eigenvalue weighted by Crippen LogP contribution is -2.22. The highest BCUT2D eigenvalue weighted by Crippen LogP contribution is 2.41. The molecule has 2 unspecified atom stereocenters. The number of hydrogen-bond donors (Lipinski definition) is 1. The molecule has 1 N–H and O–H groups in total. The maximum Gasteiger partial charge on any atom is 0.306 e. The lowest BCUT2D eigenvalue weighted by molar-refractivity contribution is -0.138. The van der Waals surface area contributed by atoms with Gasteiger partial charge < -0.3 is 19.5 Å². The van der Waals surface area contributed by atoms with Crippen molar-refractivity contribution >= 4 is 11.7 Å². The van der Waals surface area contributed by atoms with Crippen LogP contribution in [0.2, 0.25) is 0 Å². The molecule has 1 saturated carbocycles. The van der Waals surface area contributed by atoms with Crippen LogP contribution in [0, 0.1) is 11.8 Å². The summed E-state index contributed by atoms with van der Waals surface area (Å²) >= 11 is 0. The van der Waals surface area contributed by atoms with E-state index in [1.807, 2.05) is 30.1 Å². The smallest absolute Gasteiger partial charge is 0.306 e. The van der Waals surface area contributed by atoms with Crippen LogP contribution in [0.3, 0.4) is 0 Å². The molecule has 5 nitrogen and oxygen atoms in total. The Morgan fingerprint density at radius 1 is 1.42 bits per heavy atom. The molecule has 1 aliphatic carbocycles. The van der Waals surface area contributed by atoms with Gasteiger partial charge in [-0.1, -0.05) is 0 Å². The highest BCUT2D eigenvalue weighted by molar-refractivity contribution is 5.73. The summed E-state index contributed by atoms with van der Waals surface area (Å²) in [4.78, 5) is 12.9. The molecule has 0 saturated heterocycles. The van der Waals surface area contributed by atoms with Crippen LogP contribution in [0.1, 0.15) is 6.42 Å². The first kappa shape index (κ1) is 13.5. The predicted octanol–water partition coefficient (Wildman–Crippen LogP) is 1.86. The number of carboxylic acid groups (broad SMARTS) is 1. The van der Waals surface area contributed by atoms with E-state index < -0.39 is 5.97 Å². The first-order chi connectivity index (χ1) is 9.06. The van der Waals surface area contributed by atoms with Gasteiger partial charge in [0.2, 0.25) is 0 Å². The molecule has 104 valence electrons. The van der Waals surface area contributed by atoms with E-state index in [0.29, 0.717) is 6.54 Å². The lowest BCUT2D eigenvalue weighted by atomic mass is 10.2. The van der Waals surface area contributed by atoms with E-state index in [0.717, 1.165) is 23.6 Å². The van der Waals surface area contributed by atoms with Crippen LogP contribution in [-0.4, -0.2) is 38.9 Å². The minimum absolute atomic E-state index is 0.195. The molecular weight excluding hydrogens is 246 g/mol. The minimum atomic E-state index is -0.698. The van der Waals surface area contributed by atoms with E-state index in [9.17, 15) is 4.79 Å². The summed E-state index contributed by atoms with van der Waals surface area (Å²) < 4.78 is 10.5. The summed E-state index contributed by atoms with van der Waals surface area (Å²) in [6.45, 7) is 0.709. The fourth-order valence-corrected chi connectivity index (χ4v) is 2.30. The molecule has 0 bridgehead atoms. The summed E-state index contributed by atoms with van der Waals surface area (Å²) in [5.74, 6) is 0.845. The summed E-state index contributed by atoms with van der Waals surface area (Å²) in [5.41, 5.74) is 0.915. The Morgan fingerprint density at radius 2 is 2.16 bits per heavy atom. The van der Waals surface area contributed by atoms with Crippen LogP contribution in [-0.2, 0) is 4.79 Å². The fraction of sp³-hybridized carbons (Fsp3) is 0.500. The first-order valence-corrected chi connectivity index (χ1v) is 6.22. The molecular formula is C14H19NO4. The Labute approximate surface area is 112 Å². The number of rotatable bonds is 6. The molecule has 0 radical (unpaired) electrons. The van der Waals surface area contributed by atoms with E-state index in [1.165, 1.54) is 0 Å². The topological polar surface area (TPSA) is 59.0 Å². The molecule has 0 aromatic heterocycles. The van der Waals surface area contributed by atoms with Crippen molar-refractivity contribution in [2.45, 2.75) is 6.42 Å². The van der Waals surface area contributed by atoms with Crippen LogP contribution in [0.5, 0.6) is 11.5 Å². The number of ether oxygens (including phenoxy) is 2. The maximum absolute atomic E-state index is 10.9. The van der Waals surface area contributed by atoms with Crippen LogP contribution in [0.25, 0.3) is 0 Å².